The summed E-state index contributed by atoms with van der Waals surface area (Å²) < 4.78 is 89.3. The molecule has 3 aromatic carbocycles. The van der Waals surface area contributed by atoms with Crippen LogP contribution >= 0.6 is 0 Å². The van der Waals surface area contributed by atoms with Gasteiger partial charge in [0.25, 0.3) is 10.1 Å². The molecule has 0 fully saturated rings. The molecule has 3 aliphatic rings. The molecule has 0 saturated carbocycles. The molecule has 0 spiro atoms. The number of allylic oxidation sites excluding steroid dienone is 8. The van der Waals surface area contributed by atoms with E-state index >= 15 is 8.78 Å². The van der Waals surface area contributed by atoms with Crippen LogP contribution in [-0.4, -0.2) is 48.9 Å². The molecule has 320 valence electrons. The molecule has 0 saturated heterocycles. The van der Waals surface area contributed by atoms with Gasteiger partial charge < -0.3 is 9.64 Å². The molecule has 0 radical (unpaired) electrons. The van der Waals surface area contributed by atoms with Crippen LogP contribution < -0.4 is 4.90 Å². The molecule has 1 aliphatic carbocycles. The molecule has 1 unspecified atom stereocenters. The third kappa shape index (κ3) is 8.84. The van der Waals surface area contributed by atoms with Crippen molar-refractivity contribution in [3.8, 4) is 0 Å². The van der Waals surface area contributed by atoms with E-state index in [0.717, 1.165) is 67.0 Å². The van der Waals surface area contributed by atoms with E-state index in [0.29, 0.717) is 41.8 Å². The fraction of sp³-hybridized carbons (Fsp3) is 0.429. The number of nitrogens with zero attached hydrogens (tertiary/aromatic N) is 2. The Bertz CT molecular complexity index is 2400. The van der Waals surface area contributed by atoms with Crippen LogP contribution in [0.4, 0.5) is 24.5 Å². The number of hydrogen-bond acceptors (Lipinski definition) is 5. The maximum absolute atomic E-state index is 16.2. The molecule has 1 N–H and O–H groups in total. The van der Waals surface area contributed by atoms with Crippen LogP contribution in [0.25, 0.3) is 5.57 Å². The quantitative estimate of drug-likeness (QED) is 0.0710. The monoisotopic (exact) mass is 843 g/mol. The molecular weight excluding hydrogens is 786 g/mol. The molecule has 1 atom stereocenters. The average Bonchev–Trinajstić information content (AvgIpc) is 3.54. The number of para-hydroxylation sites is 1. The Labute approximate surface area is 353 Å². The third-order valence-corrected chi connectivity index (χ3v) is 13.0. The summed E-state index contributed by atoms with van der Waals surface area (Å²) in [6, 6.07) is 14.2. The number of esters is 1. The first kappa shape index (κ1) is 44.8. The largest absolute Gasteiger partial charge is 0.465 e. The number of hydrogen-bond donors (Lipinski definition) is 1. The minimum atomic E-state index is -4.48. The van der Waals surface area contributed by atoms with Gasteiger partial charge in [-0.05, 0) is 86.1 Å². The molecule has 60 heavy (non-hydrogen) atoms. The van der Waals surface area contributed by atoms with Crippen molar-refractivity contribution in [1.29, 1.82) is 0 Å². The summed E-state index contributed by atoms with van der Waals surface area (Å²) in [6.07, 6.45) is 13.0. The van der Waals surface area contributed by atoms with Crippen molar-refractivity contribution in [2.75, 3.05) is 24.6 Å². The molecular formula is C49H58F3N2O5S+. The zero-order chi connectivity index (χ0) is 43.6. The number of unbranched alkanes of at least 4 members (excludes halogenated alkanes) is 3. The number of anilines is 1. The Kier molecular flexibility index (Phi) is 13.5. The number of halogens is 3. The molecule has 11 heteroatoms. The number of benzene rings is 3. The second-order valence-electron chi connectivity index (χ2n) is 17.2. The number of ether oxygens (including phenoxy) is 1. The topological polar surface area (TPSA) is 86.9 Å². The first-order valence-electron chi connectivity index (χ1n) is 21.2. The van der Waals surface area contributed by atoms with Crippen molar-refractivity contribution in [2.24, 2.45) is 5.92 Å². The first-order chi connectivity index (χ1) is 28.4. The highest BCUT2D eigenvalue weighted by molar-refractivity contribution is 7.85. The van der Waals surface area contributed by atoms with E-state index in [1.165, 1.54) is 12.1 Å². The molecule has 7 nitrogen and oxygen atoms in total. The Hall–Kier alpha value is -4.74. The Morgan fingerprint density at radius 3 is 2.23 bits per heavy atom. The van der Waals surface area contributed by atoms with Crippen LogP contribution in [0.1, 0.15) is 117 Å². The highest BCUT2D eigenvalue weighted by Gasteiger charge is 2.44. The van der Waals surface area contributed by atoms with Gasteiger partial charge >= 0.3 is 5.97 Å². The van der Waals surface area contributed by atoms with Crippen molar-refractivity contribution in [1.82, 2.24) is 0 Å². The first-order valence-corrected chi connectivity index (χ1v) is 22.7. The number of rotatable bonds is 15. The van der Waals surface area contributed by atoms with E-state index in [-0.39, 0.29) is 35.5 Å². The van der Waals surface area contributed by atoms with E-state index in [2.05, 4.69) is 49.3 Å². The standard InChI is InChI=1S/C49H57F3N2O5S/c1-8-11-15-26-59-47(55)34-27-32(18-22-43-48(4,5)37-16-13-14-17-41(37)54(43)25-12-9-2)45(46-39(51)29-35(50)30-40(46)52)33(28-34)19-23-44-49(6,7)38-31-36(60(56,57)58)20-21-42(38)53(44)24-10-3/h13-14,16-23,29-31,34H,8-12,15,24-28H2,1-7H3/p+1. The van der Waals surface area contributed by atoms with Gasteiger partial charge in [0.15, 0.2) is 5.71 Å². The smallest absolute Gasteiger partial charge is 0.309 e. The second-order valence-corrected chi connectivity index (χ2v) is 18.6. The highest BCUT2D eigenvalue weighted by atomic mass is 32.2. The van der Waals surface area contributed by atoms with Crippen molar-refractivity contribution in [2.45, 2.75) is 116 Å². The number of carbonyl (C=O) groups is 1. The van der Waals surface area contributed by atoms with E-state index in [1.807, 2.05) is 51.1 Å². The Balaban J connectivity index is 1.58. The summed E-state index contributed by atoms with van der Waals surface area (Å²) in [6.45, 7) is 16.0. The van der Waals surface area contributed by atoms with E-state index in [1.54, 1.807) is 12.1 Å². The van der Waals surface area contributed by atoms with Gasteiger partial charge in [0.1, 0.15) is 24.0 Å². The lowest BCUT2D eigenvalue weighted by Gasteiger charge is -2.29. The molecule has 2 heterocycles. The van der Waals surface area contributed by atoms with Gasteiger partial charge in [0.2, 0.25) is 5.69 Å². The van der Waals surface area contributed by atoms with Gasteiger partial charge in [-0.25, -0.2) is 13.2 Å². The third-order valence-electron chi connectivity index (χ3n) is 12.2. The zero-order valence-corrected chi connectivity index (χ0v) is 36.7. The summed E-state index contributed by atoms with van der Waals surface area (Å²) in [5.41, 5.74) is 5.18. The van der Waals surface area contributed by atoms with Crippen LogP contribution in [0.2, 0.25) is 0 Å². The number of carbonyl (C=O) groups excluding carboxylic acids is 1. The van der Waals surface area contributed by atoms with Crippen LogP contribution in [-0.2, 0) is 30.5 Å². The van der Waals surface area contributed by atoms with Crippen molar-refractivity contribution in [3.63, 3.8) is 0 Å². The molecule has 0 amide bonds. The maximum Gasteiger partial charge on any atom is 0.309 e. The predicted octanol–water partition coefficient (Wildman–Crippen LogP) is 11.7. The zero-order valence-electron chi connectivity index (χ0n) is 35.9. The average molecular weight is 844 g/mol. The fourth-order valence-electron chi connectivity index (χ4n) is 9.06. The molecule has 6 rings (SSSR count). The Morgan fingerprint density at radius 2 is 1.57 bits per heavy atom. The minimum Gasteiger partial charge on any atom is -0.465 e. The maximum atomic E-state index is 16.2. The van der Waals surface area contributed by atoms with Crippen molar-refractivity contribution >= 4 is 38.7 Å². The lowest BCUT2D eigenvalue weighted by molar-refractivity contribution is -0.438. The van der Waals surface area contributed by atoms with Gasteiger partial charge in [-0.2, -0.15) is 13.0 Å². The summed E-state index contributed by atoms with van der Waals surface area (Å²) >= 11 is 0. The summed E-state index contributed by atoms with van der Waals surface area (Å²) in [4.78, 5) is 15.8. The van der Waals surface area contributed by atoms with Gasteiger partial charge in [0, 0.05) is 59.6 Å². The van der Waals surface area contributed by atoms with Gasteiger partial charge in [0.05, 0.1) is 28.4 Å². The highest BCUT2D eigenvalue weighted by Crippen LogP contribution is 2.50. The summed E-state index contributed by atoms with van der Waals surface area (Å²) in [5, 5.41) is 0. The second kappa shape index (κ2) is 18.1. The van der Waals surface area contributed by atoms with E-state index in [9.17, 15) is 22.2 Å². The lowest BCUT2D eigenvalue weighted by atomic mass is 9.76. The van der Waals surface area contributed by atoms with Crippen molar-refractivity contribution in [3.05, 3.63) is 130 Å². The van der Waals surface area contributed by atoms with Crippen LogP contribution in [0.3, 0.4) is 0 Å². The van der Waals surface area contributed by atoms with Gasteiger partial charge in [-0.15, -0.1) is 0 Å². The van der Waals surface area contributed by atoms with Gasteiger partial charge in [-0.1, -0.05) is 84.2 Å². The van der Waals surface area contributed by atoms with E-state index in [4.69, 9.17) is 4.74 Å². The molecule has 3 aromatic rings. The SMILES string of the molecule is CCCCCOC(=O)C1CC(/C=C/C2=[N+](CCCC)c3ccccc3C2(C)C)=C(c2c(F)cc(F)cc2F)C(=C/C=C2/N(CCC)c3ccc(S(=O)(=O)O)cc3C2(C)C)/C1. The Morgan fingerprint density at radius 1 is 0.867 bits per heavy atom. The van der Waals surface area contributed by atoms with Crippen molar-refractivity contribution < 1.29 is 40.2 Å². The summed E-state index contributed by atoms with van der Waals surface area (Å²) in [5.74, 6) is -4.24. The lowest BCUT2D eigenvalue weighted by Crippen LogP contribution is -2.28. The van der Waals surface area contributed by atoms with Crippen LogP contribution in [0, 0.1) is 23.4 Å². The fourth-order valence-corrected chi connectivity index (χ4v) is 9.57. The summed E-state index contributed by atoms with van der Waals surface area (Å²) in [7, 11) is -4.48. The van der Waals surface area contributed by atoms with Crippen LogP contribution in [0.5, 0.6) is 0 Å². The molecule has 0 aromatic heterocycles. The molecule has 2 aliphatic heterocycles. The van der Waals surface area contributed by atoms with Gasteiger partial charge in [-0.3, -0.25) is 9.35 Å². The minimum absolute atomic E-state index is 0.101. The van der Waals surface area contributed by atoms with E-state index < -0.39 is 50.3 Å². The van der Waals surface area contributed by atoms with Crippen LogP contribution in [0.15, 0.2) is 101 Å². The predicted molar refractivity (Wildman–Crippen MR) is 233 cm³/mol. The normalized spacial score (nSPS) is 19.9. The number of fused-ring (bicyclic) bond motifs is 2. The molecule has 0 bridgehead atoms.